The first-order valence-electron chi connectivity index (χ1n) is 9.25. The average Bonchev–Trinajstić information content (AvgIpc) is 3.26. The maximum atomic E-state index is 12.3. The normalized spacial score (nSPS) is 16.5. The van der Waals surface area contributed by atoms with E-state index in [4.69, 9.17) is 27.6 Å². The lowest BCUT2D eigenvalue weighted by Gasteiger charge is -2.02. The van der Waals surface area contributed by atoms with Gasteiger partial charge in [-0.25, -0.2) is 0 Å². The highest BCUT2D eigenvalue weighted by atomic mass is 35.5. The Labute approximate surface area is 189 Å². The summed E-state index contributed by atoms with van der Waals surface area (Å²) in [5.41, 5.74) is 4.25. The van der Waals surface area contributed by atoms with E-state index in [1.807, 2.05) is 6.07 Å². The zero-order chi connectivity index (χ0) is 21.3. The van der Waals surface area contributed by atoms with E-state index >= 15 is 0 Å². The molecule has 0 bridgehead atoms. The van der Waals surface area contributed by atoms with Crippen LogP contribution >= 0.6 is 35.0 Å². The minimum Gasteiger partial charge on any atom is -0.457 e. The topological polar surface area (TPSA) is 54.6 Å². The Bertz CT molecular complexity index is 1180. The number of halogens is 2. The van der Waals surface area contributed by atoms with Crippen molar-refractivity contribution in [2.45, 2.75) is 20.4 Å². The van der Waals surface area contributed by atoms with Crippen molar-refractivity contribution in [3.05, 3.63) is 85.9 Å². The maximum absolute atomic E-state index is 12.3. The van der Waals surface area contributed by atoms with Gasteiger partial charge in [0.05, 0.1) is 16.5 Å². The van der Waals surface area contributed by atoms with E-state index in [-0.39, 0.29) is 5.91 Å². The molecule has 7 heteroatoms. The summed E-state index contributed by atoms with van der Waals surface area (Å²) < 4.78 is 5.85. The summed E-state index contributed by atoms with van der Waals surface area (Å²) in [5.74, 6) is 0.974. The van der Waals surface area contributed by atoms with Crippen LogP contribution in [-0.2, 0) is 11.3 Å². The number of carbonyl (C=O) groups excluding carboxylic acids is 1. The van der Waals surface area contributed by atoms with Gasteiger partial charge >= 0.3 is 0 Å². The standard InChI is InChI=1S/C23H18Cl2N2O2S/c1-13-7-14(2)9-15(8-13)12-26-23-27-22(28)21(30-23)11-17-4-6-20(29-17)18-5-3-16(24)10-19(18)25/h3-11H,12H2,1-2H3,(H,26,27,28)/b21-11-. The predicted molar refractivity (Wildman–Crippen MR) is 125 cm³/mol. The van der Waals surface area contributed by atoms with Crippen LogP contribution in [0.1, 0.15) is 22.5 Å². The van der Waals surface area contributed by atoms with Crippen molar-refractivity contribution in [1.29, 1.82) is 0 Å². The van der Waals surface area contributed by atoms with Crippen LogP contribution in [0.25, 0.3) is 17.4 Å². The van der Waals surface area contributed by atoms with E-state index in [1.54, 1.807) is 30.3 Å². The Morgan fingerprint density at radius 3 is 2.57 bits per heavy atom. The van der Waals surface area contributed by atoms with Crippen LogP contribution in [0.4, 0.5) is 0 Å². The number of hydrogen-bond donors (Lipinski definition) is 1. The van der Waals surface area contributed by atoms with Crippen LogP contribution in [-0.4, -0.2) is 11.1 Å². The Balaban J connectivity index is 1.50. The van der Waals surface area contributed by atoms with Gasteiger partial charge in [-0.2, -0.15) is 0 Å². The van der Waals surface area contributed by atoms with Crippen LogP contribution in [0.15, 0.2) is 62.8 Å². The summed E-state index contributed by atoms with van der Waals surface area (Å²) >= 11 is 13.5. The highest BCUT2D eigenvalue weighted by molar-refractivity contribution is 8.18. The summed E-state index contributed by atoms with van der Waals surface area (Å²) in [4.78, 5) is 17.4. The summed E-state index contributed by atoms with van der Waals surface area (Å²) in [6.45, 7) is 4.63. The molecule has 1 amide bonds. The van der Waals surface area contributed by atoms with Crippen molar-refractivity contribution in [2.75, 3.05) is 0 Å². The molecule has 0 aliphatic carbocycles. The molecule has 0 spiro atoms. The van der Waals surface area contributed by atoms with E-state index in [1.165, 1.54) is 22.9 Å². The molecule has 30 heavy (non-hydrogen) atoms. The SMILES string of the molecule is Cc1cc(C)cc(CN=C2NC(=O)/C(=C/c3ccc(-c4ccc(Cl)cc4Cl)o3)S2)c1. The molecule has 1 aliphatic rings. The van der Waals surface area contributed by atoms with Crippen molar-refractivity contribution in [1.82, 2.24) is 5.32 Å². The summed E-state index contributed by atoms with van der Waals surface area (Å²) in [6, 6.07) is 15.1. The third kappa shape index (κ3) is 4.81. The van der Waals surface area contributed by atoms with Crippen LogP contribution in [0.5, 0.6) is 0 Å². The second-order valence-electron chi connectivity index (χ2n) is 7.01. The first-order chi connectivity index (χ1) is 14.4. The molecule has 4 nitrogen and oxygen atoms in total. The van der Waals surface area contributed by atoms with Crippen molar-refractivity contribution < 1.29 is 9.21 Å². The van der Waals surface area contributed by atoms with Crippen LogP contribution in [0.3, 0.4) is 0 Å². The summed E-state index contributed by atoms with van der Waals surface area (Å²) in [5, 5.41) is 4.45. The fourth-order valence-corrected chi connectivity index (χ4v) is 4.52. The number of nitrogens with one attached hydrogen (secondary N) is 1. The molecule has 1 aliphatic heterocycles. The summed E-state index contributed by atoms with van der Waals surface area (Å²) in [7, 11) is 0. The predicted octanol–water partition coefficient (Wildman–Crippen LogP) is 6.63. The number of furan rings is 1. The zero-order valence-corrected chi connectivity index (χ0v) is 18.7. The number of thioether (sulfide) groups is 1. The molecule has 0 saturated carbocycles. The monoisotopic (exact) mass is 456 g/mol. The molecule has 2 heterocycles. The molecular formula is C23H18Cl2N2O2S. The second kappa shape index (κ2) is 8.72. The highest BCUT2D eigenvalue weighted by Crippen LogP contribution is 2.33. The molecule has 4 rings (SSSR count). The first-order valence-corrected chi connectivity index (χ1v) is 10.8. The van der Waals surface area contributed by atoms with Gasteiger partial charge in [-0.05, 0) is 61.5 Å². The molecule has 1 fully saturated rings. The number of amidine groups is 1. The lowest BCUT2D eigenvalue weighted by molar-refractivity contribution is -0.115. The van der Waals surface area contributed by atoms with Crippen molar-refractivity contribution >= 4 is 52.1 Å². The van der Waals surface area contributed by atoms with Crippen molar-refractivity contribution in [3.8, 4) is 11.3 Å². The number of benzene rings is 2. The minimum atomic E-state index is -0.193. The van der Waals surface area contributed by atoms with E-state index in [9.17, 15) is 4.79 Å². The molecule has 152 valence electrons. The van der Waals surface area contributed by atoms with Gasteiger partial charge in [-0.1, -0.05) is 52.5 Å². The number of aryl methyl sites for hydroxylation is 2. The van der Waals surface area contributed by atoms with Gasteiger partial charge in [-0.15, -0.1) is 0 Å². The molecule has 2 aromatic carbocycles. The first kappa shape index (κ1) is 20.8. The van der Waals surface area contributed by atoms with Gasteiger partial charge in [-0.3, -0.25) is 9.79 Å². The quantitative estimate of drug-likeness (QED) is 0.448. The Kier molecular flexibility index (Phi) is 6.04. The third-order valence-corrected chi connectivity index (χ3v) is 5.93. The van der Waals surface area contributed by atoms with Gasteiger partial charge in [0.2, 0.25) is 0 Å². The number of amides is 1. The van der Waals surface area contributed by atoms with Gasteiger partial charge in [0.1, 0.15) is 11.5 Å². The van der Waals surface area contributed by atoms with Crippen LogP contribution in [0.2, 0.25) is 10.0 Å². The lowest BCUT2D eigenvalue weighted by atomic mass is 10.1. The number of aliphatic imine (C=N–C) groups is 1. The Hall–Kier alpha value is -2.47. The van der Waals surface area contributed by atoms with Gasteiger partial charge in [0, 0.05) is 16.7 Å². The van der Waals surface area contributed by atoms with Crippen LogP contribution < -0.4 is 5.32 Å². The van der Waals surface area contributed by atoms with Gasteiger partial charge in [0.25, 0.3) is 5.91 Å². The van der Waals surface area contributed by atoms with Gasteiger partial charge < -0.3 is 9.73 Å². The molecule has 0 unspecified atom stereocenters. The van der Waals surface area contributed by atoms with E-state index in [0.717, 1.165) is 11.1 Å². The van der Waals surface area contributed by atoms with Crippen molar-refractivity contribution in [2.24, 2.45) is 4.99 Å². The summed E-state index contributed by atoms with van der Waals surface area (Å²) in [6.07, 6.45) is 1.70. The Morgan fingerprint density at radius 2 is 1.83 bits per heavy atom. The zero-order valence-electron chi connectivity index (χ0n) is 16.3. The average molecular weight is 457 g/mol. The second-order valence-corrected chi connectivity index (χ2v) is 8.88. The van der Waals surface area contributed by atoms with E-state index in [0.29, 0.717) is 38.2 Å². The highest BCUT2D eigenvalue weighted by Gasteiger charge is 2.24. The van der Waals surface area contributed by atoms with Crippen LogP contribution in [0, 0.1) is 13.8 Å². The fraction of sp³-hybridized carbons (Fsp3) is 0.130. The molecular weight excluding hydrogens is 439 g/mol. The maximum Gasteiger partial charge on any atom is 0.264 e. The molecule has 0 radical (unpaired) electrons. The largest absolute Gasteiger partial charge is 0.457 e. The lowest BCUT2D eigenvalue weighted by Crippen LogP contribution is -2.19. The third-order valence-electron chi connectivity index (χ3n) is 4.43. The molecule has 1 aromatic heterocycles. The minimum absolute atomic E-state index is 0.193. The molecule has 1 saturated heterocycles. The molecule has 0 atom stereocenters. The number of carbonyl (C=O) groups is 1. The molecule has 3 aromatic rings. The fourth-order valence-electron chi connectivity index (χ4n) is 3.22. The van der Waals surface area contributed by atoms with Gasteiger partial charge in [0.15, 0.2) is 5.17 Å². The number of hydrogen-bond acceptors (Lipinski definition) is 4. The smallest absolute Gasteiger partial charge is 0.264 e. The number of nitrogens with zero attached hydrogens (tertiary/aromatic N) is 1. The Morgan fingerprint density at radius 1 is 1.07 bits per heavy atom. The van der Waals surface area contributed by atoms with E-state index in [2.05, 4.69) is 42.4 Å². The van der Waals surface area contributed by atoms with E-state index < -0.39 is 0 Å². The number of rotatable bonds is 4. The molecule has 1 N–H and O–H groups in total. The van der Waals surface area contributed by atoms with Crippen molar-refractivity contribution in [3.63, 3.8) is 0 Å².